The van der Waals surface area contributed by atoms with Crippen LogP contribution in [-0.4, -0.2) is 13.2 Å². The zero-order chi connectivity index (χ0) is 16.1. The molecule has 0 saturated carbocycles. The lowest BCUT2D eigenvalue weighted by Gasteiger charge is -2.14. The first kappa shape index (κ1) is 16.5. The summed E-state index contributed by atoms with van der Waals surface area (Å²) in [6.45, 7) is 4.36. The van der Waals surface area contributed by atoms with Crippen LogP contribution in [-0.2, 0) is 6.42 Å². The fraction of sp³-hybridized carbons (Fsp3) is 0.368. The van der Waals surface area contributed by atoms with E-state index in [-0.39, 0.29) is 11.9 Å². The zero-order valence-electron chi connectivity index (χ0n) is 13.5. The fourth-order valence-corrected chi connectivity index (χ4v) is 2.72. The summed E-state index contributed by atoms with van der Waals surface area (Å²) in [5.74, 6) is 1.01. The average molecular weight is 301 g/mol. The summed E-state index contributed by atoms with van der Waals surface area (Å²) in [5.41, 5.74) is 9.06. The Morgan fingerprint density at radius 3 is 2.36 bits per heavy atom. The van der Waals surface area contributed by atoms with Crippen molar-refractivity contribution in [2.75, 3.05) is 7.11 Å². The lowest BCUT2D eigenvalue weighted by Crippen LogP contribution is -2.24. The van der Waals surface area contributed by atoms with Crippen LogP contribution in [0.4, 0.5) is 4.39 Å². The van der Waals surface area contributed by atoms with Crippen LogP contribution in [0.25, 0.3) is 11.1 Å². The number of rotatable bonds is 6. The highest BCUT2D eigenvalue weighted by molar-refractivity contribution is 5.70. The van der Waals surface area contributed by atoms with E-state index >= 15 is 0 Å². The van der Waals surface area contributed by atoms with Gasteiger partial charge in [0.05, 0.1) is 7.11 Å². The maximum atomic E-state index is 13.5. The monoisotopic (exact) mass is 301 g/mol. The van der Waals surface area contributed by atoms with Crippen LogP contribution in [0, 0.1) is 11.7 Å². The maximum absolute atomic E-state index is 13.5. The van der Waals surface area contributed by atoms with Crippen LogP contribution >= 0.6 is 0 Å². The summed E-state index contributed by atoms with van der Waals surface area (Å²) in [6.07, 6.45) is 1.87. The lowest BCUT2D eigenvalue weighted by atomic mass is 9.96. The molecule has 2 nitrogen and oxygen atoms in total. The topological polar surface area (TPSA) is 35.2 Å². The van der Waals surface area contributed by atoms with Gasteiger partial charge in [0.1, 0.15) is 11.6 Å². The number of benzene rings is 2. The number of ether oxygens (including phenoxy) is 1. The molecule has 0 heterocycles. The minimum Gasteiger partial charge on any atom is -0.496 e. The SMILES string of the molecule is COc1ccc(F)cc1-c1ccc(CC(N)CC(C)C)cc1. The van der Waals surface area contributed by atoms with Crippen molar-refractivity contribution in [3.63, 3.8) is 0 Å². The smallest absolute Gasteiger partial charge is 0.126 e. The van der Waals surface area contributed by atoms with Crippen molar-refractivity contribution in [1.29, 1.82) is 0 Å². The van der Waals surface area contributed by atoms with Gasteiger partial charge in [0, 0.05) is 11.6 Å². The van der Waals surface area contributed by atoms with Gasteiger partial charge >= 0.3 is 0 Å². The fourth-order valence-electron chi connectivity index (χ4n) is 2.72. The molecule has 2 aromatic rings. The van der Waals surface area contributed by atoms with Crippen molar-refractivity contribution < 1.29 is 9.13 Å². The molecule has 0 spiro atoms. The molecule has 1 unspecified atom stereocenters. The molecule has 0 radical (unpaired) electrons. The van der Waals surface area contributed by atoms with E-state index in [1.165, 1.54) is 17.7 Å². The highest BCUT2D eigenvalue weighted by Crippen LogP contribution is 2.30. The predicted octanol–water partition coefficient (Wildman–Crippen LogP) is 4.42. The maximum Gasteiger partial charge on any atom is 0.126 e. The zero-order valence-corrected chi connectivity index (χ0v) is 13.5. The molecule has 0 saturated heterocycles. The molecule has 0 bridgehead atoms. The molecule has 0 fully saturated rings. The highest BCUT2D eigenvalue weighted by Gasteiger charge is 2.09. The van der Waals surface area contributed by atoms with Crippen molar-refractivity contribution in [1.82, 2.24) is 0 Å². The molecule has 118 valence electrons. The third-order valence-corrected chi connectivity index (χ3v) is 3.70. The van der Waals surface area contributed by atoms with Gasteiger partial charge in [-0.25, -0.2) is 4.39 Å². The van der Waals surface area contributed by atoms with Gasteiger partial charge in [-0.1, -0.05) is 38.1 Å². The van der Waals surface area contributed by atoms with E-state index in [2.05, 4.69) is 26.0 Å². The van der Waals surface area contributed by atoms with Crippen molar-refractivity contribution in [2.45, 2.75) is 32.7 Å². The van der Waals surface area contributed by atoms with Crippen LogP contribution in [0.1, 0.15) is 25.8 Å². The molecule has 0 aliphatic heterocycles. The van der Waals surface area contributed by atoms with Gasteiger partial charge in [0.15, 0.2) is 0 Å². The molecular weight excluding hydrogens is 277 g/mol. The second-order valence-corrected chi connectivity index (χ2v) is 6.14. The van der Waals surface area contributed by atoms with E-state index in [1.54, 1.807) is 13.2 Å². The van der Waals surface area contributed by atoms with Crippen LogP contribution in [0.2, 0.25) is 0 Å². The molecule has 1 atom stereocenters. The molecule has 0 aliphatic carbocycles. The normalized spacial score (nSPS) is 12.5. The van der Waals surface area contributed by atoms with Crippen LogP contribution < -0.4 is 10.5 Å². The van der Waals surface area contributed by atoms with Gasteiger partial charge in [0.25, 0.3) is 0 Å². The molecule has 0 aliphatic rings. The van der Waals surface area contributed by atoms with Gasteiger partial charge in [-0.2, -0.15) is 0 Å². The predicted molar refractivity (Wildman–Crippen MR) is 89.5 cm³/mol. The average Bonchev–Trinajstić information content (AvgIpc) is 2.47. The first-order valence-corrected chi connectivity index (χ1v) is 7.68. The van der Waals surface area contributed by atoms with Crippen LogP contribution in [0.15, 0.2) is 42.5 Å². The number of halogens is 1. The third kappa shape index (κ3) is 4.31. The Morgan fingerprint density at radius 1 is 1.09 bits per heavy atom. The number of hydrogen-bond acceptors (Lipinski definition) is 2. The Bertz CT molecular complexity index is 607. The van der Waals surface area contributed by atoms with E-state index in [9.17, 15) is 4.39 Å². The first-order chi connectivity index (χ1) is 10.5. The second kappa shape index (κ2) is 7.41. The minimum absolute atomic E-state index is 0.176. The summed E-state index contributed by atoms with van der Waals surface area (Å²) >= 11 is 0. The summed E-state index contributed by atoms with van der Waals surface area (Å²) in [5, 5.41) is 0. The molecule has 3 heteroatoms. The first-order valence-electron chi connectivity index (χ1n) is 7.68. The van der Waals surface area contributed by atoms with E-state index < -0.39 is 0 Å². The van der Waals surface area contributed by atoms with E-state index in [4.69, 9.17) is 10.5 Å². The Hall–Kier alpha value is -1.87. The number of nitrogens with two attached hydrogens (primary N) is 1. The van der Waals surface area contributed by atoms with Crippen molar-refractivity contribution in [2.24, 2.45) is 11.7 Å². The Balaban J connectivity index is 2.17. The molecule has 0 aromatic heterocycles. The second-order valence-electron chi connectivity index (χ2n) is 6.14. The van der Waals surface area contributed by atoms with Crippen molar-refractivity contribution in [3.8, 4) is 16.9 Å². The van der Waals surface area contributed by atoms with E-state index in [0.29, 0.717) is 11.7 Å². The molecule has 2 aromatic carbocycles. The Kier molecular flexibility index (Phi) is 5.56. The van der Waals surface area contributed by atoms with Gasteiger partial charge < -0.3 is 10.5 Å². The number of hydrogen-bond donors (Lipinski definition) is 1. The lowest BCUT2D eigenvalue weighted by molar-refractivity contribution is 0.415. The molecule has 22 heavy (non-hydrogen) atoms. The van der Waals surface area contributed by atoms with E-state index in [0.717, 1.165) is 24.0 Å². The Labute approximate surface area is 132 Å². The van der Waals surface area contributed by atoms with Crippen molar-refractivity contribution in [3.05, 3.63) is 53.8 Å². The summed E-state index contributed by atoms with van der Waals surface area (Å²) in [4.78, 5) is 0. The van der Waals surface area contributed by atoms with Crippen LogP contribution in [0.3, 0.4) is 0 Å². The quantitative estimate of drug-likeness (QED) is 0.857. The summed E-state index contributed by atoms with van der Waals surface area (Å²) in [6, 6.07) is 12.8. The largest absolute Gasteiger partial charge is 0.496 e. The van der Waals surface area contributed by atoms with E-state index in [1.807, 2.05) is 12.1 Å². The molecule has 2 N–H and O–H groups in total. The molecule has 2 rings (SSSR count). The molecule has 0 amide bonds. The standard InChI is InChI=1S/C19H24FNO/c1-13(2)10-17(21)11-14-4-6-15(7-5-14)18-12-16(20)8-9-19(18)22-3/h4-9,12-13,17H,10-11,21H2,1-3H3. The summed E-state index contributed by atoms with van der Waals surface area (Å²) < 4.78 is 18.8. The van der Waals surface area contributed by atoms with Crippen molar-refractivity contribution >= 4 is 0 Å². The van der Waals surface area contributed by atoms with Gasteiger partial charge in [-0.3, -0.25) is 0 Å². The molecular formula is C19H24FNO. The van der Waals surface area contributed by atoms with Gasteiger partial charge in [0.2, 0.25) is 0 Å². The minimum atomic E-state index is -0.265. The highest BCUT2D eigenvalue weighted by atomic mass is 19.1. The third-order valence-electron chi connectivity index (χ3n) is 3.70. The van der Waals surface area contributed by atoms with Gasteiger partial charge in [-0.05, 0) is 48.1 Å². The Morgan fingerprint density at radius 2 is 1.77 bits per heavy atom. The van der Waals surface area contributed by atoms with Crippen LogP contribution in [0.5, 0.6) is 5.75 Å². The number of methoxy groups -OCH3 is 1. The van der Waals surface area contributed by atoms with Gasteiger partial charge in [-0.15, -0.1) is 0 Å². The summed E-state index contributed by atoms with van der Waals surface area (Å²) in [7, 11) is 1.59.